The quantitative estimate of drug-likeness (QED) is 0.788. The zero-order chi connectivity index (χ0) is 14.4. The molecule has 4 heteroatoms. The van der Waals surface area contributed by atoms with E-state index in [9.17, 15) is 0 Å². The maximum atomic E-state index is 5.33. The third kappa shape index (κ3) is 4.39. The van der Waals surface area contributed by atoms with Gasteiger partial charge in [-0.05, 0) is 39.1 Å². The minimum absolute atomic E-state index is 0.288. The number of rotatable bonds is 4. The van der Waals surface area contributed by atoms with E-state index in [1.165, 1.54) is 31.6 Å². The molecule has 0 N–H and O–H groups in total. The molecule has 0 radical (unpaired) electrons. The highest BCUT2D eigenvalue weighted by atomic mass is 16.7. The number of ether oxygens (including phenoxy) is 2. The van der Waals surface area contributed by atoms with Crippen molar-refractivity contribution in [2.24, 2.45) is 0 Å². The fourth-order valence-electron chi connectivity index (χ4n) is 2.58. The number of nitrogens with zero attached hydrogens (tertiary/aromatic N) is 2. The van der Waals surface area contributed by atoms with Crippen molar-refractivity contribution >= 4 is 0 Å². The molecule has 2 saturated heterocycles. The van der Waals surface area contributed by atoms with Gasteiger partial charge in [0.2, 0.25) is 6.79 Å². The van der Waals surface area contributed by atoms with Crippen molar-refractivity contribution in [3.63, 3.8) is 0 Å². The molecule has 0 bridgehead atoms. The molecular formula is C16H26N2O2. The lowest BCUT2D eigenvalue weighted by atomic mass is 10.2. The molecule has 0 amide bonds. The molecule has 20 heavy (non-hydrogen) atoms. The van der Waals surface area contributed by atoms with Crippen LogP contribution in [-0.4, -0.2) is 55.9 Å². The van der Waals surface area contributed by atoms with Crippen LogP contribution in [0.15, 0.2) is 35.8 Å². The topological polar surface area (TPSA) is 24.9 Å². The Morgan fingerprint density at radius 3 is 2.65 bits per heavy atom. The van der Waals surface area contributed by atoms with E-state index in [1.807, 2.05) is 6.08 Å². The molecule has 0 saturated carbocycles. The summed E-state index contributed by atoms with van der Waals surface area (Å²) in [5.41, 5.74) is 1.34. The van der Waals surface area contributed by atoms with Gasteiger partial charge in [0.15, 0.2) is 11.5 Å². The Labute approximate surface area is 122 Å². The van der Waals surface area contributed by atoms with Crippen LogP contribution in [0.4, 0.5) is 0 Å². The summed E-state index contributed by atoms with van der Waals surface area (Å²) >= 11 is 0. The second-order valence-corrected chi connectivity index (χ2v) is 5.44. The predicted octanol–water partition coefficient (Wildman–Crippen LogP) is 2.36. The van der Waals surface area contributed by atoms with Crippen LogP contribution in [0.5, 0.6) is 0 Å². The van der Waals surface area contributed by atoms with Crippen LogP contribution in [0, 0.1) is 0 Å². The Balaban J connectivity index is 1.84. The van der Waals surface area contributed by atoms with Gasteiger partial charge in [0.25, 0.3) is 0 Å². The van der Waals surface area contributed by atoms with Crippen molar-refractivity contribution in [2.75, 3.05) is 46.1 Å². The summed E-state index contributed by atoms with van der Waals surface area (Å²) in [4.78, 5) is 5.05. The van der Waals surface area contributed by atoms with Gasteiger partial charge >= 0.3 is 0 Å². The molecule has 4 nitrogen and oxygen atoms in total. The van der Waals surface area contributed by atoms with E-state index in [2.05, 4.69) is 36.3 Å². The minimum atomic E-state index is 0.288. The molecule has 2 aliphatic heterocycles. The zero-order valence-electron chi connectivity index (χ0n) is 12.7. The van der Waals surface area contributed by atoms with Gasteiger partial charge in [0.05, 0.1) is 0 Å². The maximum absolute atomic E-state index is 5.33. The van der Waals surface area contributed by atoms with E-state index in [4.69, 9.17) is 9.47 Å². The van der Waals surface area contributed by atoms with E-state index in [1.54, 1.807) is 0 Å². The molecule has 2 fully saturated rings. The Hall–Kier alpha value is -1.26. The Morgan fingerprint density at radius 2 is 1.95 bits per heavy atom. The van der Waals surface area contributed by atoms with Crippen LogP contribution in [0.2, 0.25) is 0 Å². The second kappa shape index (κ2) is 7.50. The van der Waals surface area contributed by atoms with Gasteiger partial charge < -0.3 is 14.4 Å². The maximum Gasteiger partial charge on any atom is 0.231 e. The largest absolute Gasteiger partial charge is 0.454 e. The monoisotopic (exact) mass is 278 g/mol. The van der Waals surface area contributed by atoms with Crippen LogP contribution >= 0.6 is 0 Å². The lowest BCUT2D eigenvalue weighted by Gasteiger charge is -2.21. The van der Waals surface area contributed by atoms with Crippen LogP contribution < -0.4 is 0 Å². The van der Waals surface area contributed by atoms with E-state index in [0.717, 1.165) is 25.4 Å². The summed E-state index contributed by atoms with van der Waals surface area (Å²) < 4.78 is 10.5. The standard InChI is InChI=1S/C16H26N2O2/c1-4-17-8-5-9-18(11-10-17)12-14(2)6-7-16-15(3)19-13-20-16/h6-7H,3-5,8-13H2,1-2H3/b14-6+,16-7+. The molecule has 2 aliphatic rings. The average Bonchev–Trinajstić information content (AvgIpc) is 2.71. The van der Waals surface area contributed by atoms with Gasteiger partial charge in [-0.1, -0.05) is 25.2 Å². The first kappa shape index (κ1) is 15.1. The molecule has 2 heterocycles. The average molecular weight is 278 g/mol. The van der Waals surface area contributed by atoms with E-state index in [0.29, 0.717) is 5.76 Å². The minimum Gasteiger partial charge on any atom is -0.454 e. The first-order chi connectivity index (χ1) is 9.69. The van der Waals surface area contributed by atoms with Crippen LogP contribution in [0.25, 0.3) is 0 Å². The smallest absolute Gasteiger partial charge is 0.231 e. The fraction of sp³-hybridized carbons (Fsp3) is 0.625. The first-order valence-electron chi connectivity index (χ1n) is 7.46. The molecule has 0 aromatic rings. The molecule has 0 unspecified atom stereocenters. The van der Waals surface area contributed by atoms with Crippen molar-refractivity contribution in [3.05, 3.63) is 35.8 Å². The van der Waals surface area contributed by atoms with Crippen molar-refractivity contribution in [3.8, 4) is 0 Å². The SMILES string of the molecule is C=C1OCO/C1=C/C=C(\C)CN1CCCN(CC)CC1. The summed E-state index contributed by atoms with van der Waals surface area (Å²) in [6.45, 7) is 15.4. The van der Waals surface area contributed by atoms with Crippen molar-refractivity contribution < 1.29 is 9.47 Å². The van der Waals surface area contributed by atoms with Crippen molar-refractivity contribution in [1.29, 1.82) is 0 Å². The zero-order valence-corrected chi connectivity index (χ0v) is 12.7. The molecule has 2 rings (SSSR count). The molecule has 0 aromatic carbocycles. The highest BCUT2D eigenvalue weighted by molar-refractivity contribution is 5.25. The summed E-state index contributed by atoms with van der Waals surface area (Å²) in [5, 5.41) is 0. The normalized spacial score (nSPS) is 24.6. The van der Waals surface area contributed by atoms with Gasteiger partial charge in [-0.25, -0.2) is 0 Å². The van der Waals surface area contributed by atoms with Crippen LogP contribution in [-0.2, 0) is 9.47 Å². The molecule has 0 aliphatic carbocycles. The van der Waals surface area contributed by atoms with Crippen molar-refractivity contribution in [2.45, 2.75) is 20.3 Å². The van der Waals surface area contributed by atoms with E-state index < -0.39 is 0 Å². The number of likely N-dealkylation sites (N-methyl/N-ethyl adjacent to an activating group) is 1. The predicted molar refractivity (Wildman–Crippen MR) is 81.2 cm³/mol. The fourth-order valence-corrected chi connectivity index (χ4v) is 2.58. The number of hydrogen-bond donors (Lipinski definition) is 0. The van der Waals surface area contributed by atoms with Gasteiger partial charge in [-0.15, -0.1) is 0 Å². The third-order valence-corrected chi connectivity index (χ3v) is 3.84. The molecule has 0 atom stereocenters. The van der Waals surface area contributed by atoms with Gasteiger partial charge in [-0.2, -0.15) is 0 Å². The van der Waals surface area contributed by atoms with Crippen molar-refractivity contribution in [1.82, 2.24) is 9.80 Å². The van der Waals surface area contributed by atoms with E-state index >= 15 is 0 Å². The van der Waals surface area contributed by atoms with Crippen LogP contribution in [0.3, 0.4) is 0 Å². The lowest BCUT2D eigenvalue weighted by Crippen LogP contribution is -2.31. The van der Waals surface area contributed by atoms with Gasteiger partial charge in [-0.3, -0.25) is 4.90 Å². The lowest BCUT2D eigenvalue weighted by molar-refractivity contribution is 0.0980. The van der Waals surface area contributed by atoms with E-state index in [-0.39, 0.29) is 6.79 Å². The Kier molecular flexibility index (Phi) is 5.68. The highest BCUT2D eigenvalue weighted by Gasteiger charge is 2.14. The first-order valence-corrected chi connectivity index (χ1v) is 7.46. The summed E-state index contributed by atoms with van der Waals surface area (Å²) in [7, 11) is 0. The molecule has 112 valence electrons. The Bertz CT molecular complexity index is 401. The van der Waals surface area contributed by atoms with Gasteiger partial charge in [0.1, 0.15) is 0 Å². The van der Waals surface area contributed by atoms with Crippen LogP contribution in [0.1, 0.15) is 20.3 Å². The molecular weight excluding hydrogens is 252 g/mol. The third-order valence-electron chi connectivity index (χ3n) is 3.84. The number of allylic oxidation sites excluding steroid dienone is 2. The summed E-state index contributed by atoms with van der Waals surface area (Å²) in [6.07, 6.45) is 5.33. The summed E-state index contributed by atoms with van der Waals surface area (Å²) in [6, 6.07) is 0. The number of hydrogen-bond acceptors (Lipinski definition) is 4. The second-order valence-electron chi connectivity index (χ2n) is 5.44. The summed E-state index contributed by atoms with van der Waals surface area (Å²) in [5.74, 6) is 1.37. The van der Waals surface area contributed by atoms with Gasteiger partial charge in [0, 0.05) is 19.6 Å². The highest BCUT2D eigenvalue weighted by Crippen LogP contribution is 2.19. The Morgan fingerprint density at radius 1 is 1.20 bits per heavy atom. The molecule has 0 aromatic heterocycles. The molecule has 0 spiro atoms.